The van der Waals surface area contributed by atoms with Crippen LogP contribution in [0.5, 0.6) is 0 Å². The molecule has 0 bridgehead atoms. The van der Waals surface area contributed by atoms with E-state index < -0.39 is 0 Å². The first kappa shape index (κ1) is 20.9. The Morgan fingerprint density at radius 2 is 2.12 bits per heavy atom. The van der Waals surface area contributed by atoms with Gasteiger partial charge in [-0.3, -0.25) is 4.79 Å². The number of carbonyl (C=O) groups is 1. The monoisotopic (exact) mass is 358 g/mol. The zero-order chi connectivity index (χ0) is 16.7. The SMILES string of the molecule is COC(CN)CC(=O)N(CCc1cccc(F)c1)C1CCCC1.Cl. The molecule has 1 aromatic carbocycles. The quantitative estimate of drug-likeness (QED) is 0.777. The van der Waals surface area contributed by atoms with Gasteiger partial charge >= 0.3 is 0 Å². The molecular weight excluding hydrogens is 331 g/mol. The summed E-state index contributed by atoms with van der Waals surface area (Å²) in [6.45, 7) is 0.957. The van der Waals surface area contributed by atoms with Crippen LogP contribution in [0.15, 0.2) is 24.3 Å². The molecule has 0 saturated heterocycles. The highest BCUT2D eigenvalue weighted by molar-refractivity contribution is 5.85. The predicted octanol–water partition coefficient (Wildman–Crippen LogP) is 2.93. The number of methoxy groups -OCH3 is 1. The lowest BCUT2D eigenvalue weighted by Crippen LogP contribution is -2.42. The number of amides is 1. The van der Waals surface area contributed by atoms with E-state index in [1.807, 2.05) is 11.0 Å². The standard InChI is InChI=1S/C18H27FN2O2.ClH/c1-23-17(13-20)12-18(22)21(16-7-2-3-8-16)10-9-14-5-4-6-15(19)11-14;/h4-6,11,16-17H,2-3,7-10,12-13,20H2,1H3;1H. The summed E-state index contributed by atoms with van der Waals surface area (Å²) in [6.07, 6.45) is 5.18. The number of halogens is 2. The zero-order valence-electron chi connectivity index (χ0n) is 14.2. The molecule has 4 nitrogen and oxygen atoms in total. The van der Waals surface area contributed by atoms with Crippen molar-refractivity contribution < 1.29 is 13.9 Å². The van der Waals surface area contributed by atoms with Crippen LogP contribution < -0.4 is 5.73 Å². The Kier molecular flexibility index (Phi) is 9.26. The van der Waals surface area contributed by atoms with E-state index in [-0.39, 0.29) is 30.2 Å². The van der Waals surface area contributed by atoms with Crippen molar-refractivity contribution in [2.45, 2.75) is 50.7 Å². The topological polar surface area (TPSA) is 55.6 Å². The molecule has 1 unspecified atom stereocenters. The lowest BCUT2D eigenvalue weighted by molar-refractivity contribution is -0.135. The smallest absolute Gasteiger partial charge is 0.225 e. The molecule has 2 N–H and O–H groups in total. The molecule has 0 radical (unpaired) electrons. The Balaban J connectivity index is 0.00000288. The number of hydrogen-bond acceptors (Lipinski definition) is 3. The van der Waals surface area contributed by atoms with Gasteiger partial charge in [0.15, 0.2) is 0 Å². The highest BCUT2D eigenvalue weighted by atomic mass is 35.5. The Morgan fingerprint density at radius 1 is 1.42 bits per heavy atom. The molecule has 0 aliphatic heterocycles. The minimum absolute atomic E-state index is 0. The Morgan fingerprint density at radius 3 is 2.71 bits per heavy atom. The van der Waals surface area contributed by atoms with Crippen LogP contribution in [0.4, 0.5) is 4.39 Å². The van der Waals surface area contributed by atoms with Crippen molar-refractivity contribution in [3.8, 4) is 0 Å². The van der Waals surface area contributed by atoms with E-state index in [1.54, 1.807) is 13.2 Å². The van der Waals surface area contributed by atoms with Gasteiger partial charge in [0.2, 0.25) is 5.91 Å². The van der Waals surface area contributed by atoms with E-state index in [9.17, 15) is 9.18 Å². The minimum Gasteiger partial charge on any atom is -0.380 e. The van der Waals surface area contributed by atoms with Gasteiger partial charge in [-0.1, -0.05) is 25.0 Å². The first-order chi connectivity index (χ1) is 11.1. The molecule has 24 heavy (non-hydrogen) atoms. The van der Waals surface area contributed by atoms with Gasteiger partial charge in [-0.15, -0.1) is 12.4 Å². The third-order valence-electron chi connectivity index (χ3n) is 4.61. The fourth-order valence-electron chi connectivity index (χ4n) is 3.24. The van der Waals surface area contributed by atoms with Crippen LogP contribution in [0, 0.1) is 5.82 Å². The second-order valence-corrected chi connectivity index (χ2v) is 6.20. The molecule has 1 amide bonds. The maximum atomic E-state index is 13.3. The van der Waals surface area contributed by atoms with Gasteiger partial charge in [0, 0.05) is 26.2 Å². The first-order valence-corrected chi connectivity index (χ1v) is 8.40. The highest BCUT2D eigenvalue weighted by Crippen LogP contribution is 2.24. The van der Waals surface area contributed by atoms with Crippen molar-refractivity contribution in [1.29, 1.82) is 0 Å². The molecule has 0 aromatic heterocycles. The number of carbonyl (C=O) groups excluding carboxylic acids is 1. The van der Waals surface area contributed by atoms with Gasteiger partial charge in [-0.2, -0.15) is 0 Å². The average molecular weight is 359 g/mol. The summed E-state index contributed by atoms with van der Waals surface area (Å²) in [6, 6.07) is 6.88. The maximum Gasteiger partial charge on any atom is 0.225 e. The molecular formula is C18H28ClFN2O2. The van der Waals surface area contributed by atoms with E-state index in [4.69, 9.17) is 10.5 Å². The fourth-order valence-corrected chi connectivity index (χ4v) is 3.24. The molecule has 1 aliphatic rings. The highest BCUT2D eigenvalue weighted by Gasteiger charge is 2.27. The molecule has 0 heterocycles. The van der Waals surface area contributed by atoms with Gasteiger partial charge in [0.1, 0.15) is 5.82 Å². The van der Waals surface area contributed by atoms with Gasteiger partial charge in [-0.25, -0.2) is 4.39 Å². The van der Waals surface area contributed by atoms with Crippen molar-refractivity contribution in [3.63, 3.8) is 0 Å². The van der Waals surface area contributed by atoms with Crippen LogP contribution >= 0.6 is 12.4 Å². The molecule has 1 fully saturated rings. The van der Waals surface area contributed by atoms with E-state index in [0.29, 0.717) is 32.0 Å². The number of nitrogens with two attached hydrogens (primary N) is 1. The predicted molar refractivity (Wildman–Crippen MR) is 95.8 cm³/mol. The second-order valence-electron chi connectivity index (χ2n) is 6.20. The van der Waals surface area contributed by atoms with Gasteiger partial charge in [-0.05, 0) is 37.0 Å². The summed E-state index contributed by atoms with van der Waals surface area (Å²) in [4.78, 5) is 14.6. The third kappa shape index (κ3) is 6.04. The summed E-state index contributed by atoms with van der Waals surface area (Å²) < 4.78 is 18.5. The van der Waals surface area contributed by atoms with Crippen molar-refractivity contribution in [2.75, 3.05) is 20.2 Å². The van der Waals surface area contributed by atoms with Crippen molar-refractivity contribution >= 4 is 18.3 Å². The van der Waals surface area contributed by atoms with Crippen molar-refractivity contribution in [2.24, 2.45) is 5.73 Å². The Bertz CT molecular complexity index is 506. The summed E-state index contributed by atoms with van der Waals surface area (Å²) in [7, 11) is 1.58. The molecule has 0 spiro atoms. The number of rotatable bonds is 8. The van der Waals surface area contributed by atoms with Gasteiger partial charge < -0.3 is 15.4 Å². The zero-order valence-corrected chi connectivity index (χ0v) is 15.1. The lowest BCUT2D eigenvalue weighted by atomic mass is 10.1. The average Bonchev–Trinajstić information content (AvgIpc) is 3.07. The summed E-state index contributed by atoms with van der Waals surface area (Å²) in [5.74, 6) is -0.144. The number of nitrogens with zero attached hydrogens (tertiary/aromatic N) is 1. The van der Waals surface area contributed by atoms with Crippen LogP contribution in [-0.4, -0.2) is 43.2 Å². The minimum atomic E-state index is -0.236. The van der Waals surface area contributed by atoms with Crippen LogP contribution in [-0.2, 0) is 16.0 Å². The molecule has 1 atom stereocenters. The van der Waals surface area contributed by atoms with E-state index in [0.717, 1.165) is 18.4 Å². The van der Waals surface area contributed by atoms with E-state index in [2.05, 4.69) is 0 Å². The second kappa shape index (κ2) is 10.6. The van der Waals surface area contributed by atoms with E-state index in [1.165, 1.54) is 25.0 Å². The summed E-state index contributed by atoms with van der Waals surface area (Å²) >= 11 is 0. The van der Waals surface area contributed by atoms with Crippen LogP contribution in [0.25, 0.3) is 0 Å². The molecule has 1 aliphatic carbocycles. The van der Waals surface area contributed by atoms with Gasteiger partial charge in [0.25, 0.3) is 0 Å². The van der Waals surface area contributed by atoms with Gasteiger partial charge in [0.05, 0.1) is 12.5 Å². The Labute approximate surface area is 149 Å². The molecule has 1 saturated carbocycles. The third-order valence-corrected chi connectivity index (χ3v) is 4.61. The normalized spacial score (nSPS) is 15.8. The Hall–Kier alpha value is -1.17. The van der Waals surface area contributed by atoms with E-state index >= 15 is 0 Å². The number of ether oxygens (including phenoxy) is 1. The lowest BCUT2D eigenvalue weighted by Gasteiger charge is -2.30. The molecule has 2 rings (SSSR count). The molecule has 1 aromatic rings. The van der Waals surface area contributed by atoms with Crippen LogP contribution in [0.1, 0.15) is 37.7 Å². The first-order valence-electron chi connectivity index (χ1n) is 8.40. The largest absolute Gasteiger partial charge is 0.380 e. The summed E-state index contributed by atoms with van der Waals surface area (Å²) in [5.41, 5.74) is 6.55. The summed E-state index contributed by atoms with van der Waals surface area (Å²) in [5, 5.41) is 0. The molecule has 6 heteroatoms. The van der Waals surface area contributed by atoms with Crippen molar-refractivity contribution in [3.05, 3.63) is 35.6 Å². The van der Waals surface area contributed by atoms with Crippen molar-refractivity contribution in [1.82, 2.24) is 4.90 Å². The van der Waals surface area contributed by atoms with Crippen LogP contribution in [0.2, 0.25) is 0 Å². The number of hydrogen-bond donors (Lipinski definition) is 1. The maximum absolute atomic E-state index is 13.3. The fraction of sp³-hybridized carbons (Fsp3) is 0.611. The molecule has 136 valence electrons. The number of benzene rings is 1. The van der Waals surface area contributed by atoms with Crippen LogP contribution in [0.3, 0.4) is 0 Å².